The van der Waals surface area contributed by atoms with E-state index >= 15 is 0 Å². The van der Waals surface area contributed by atoms with E-state index in [0.29, 0.717) is 0 Å². The maximum atomic E-state index is 11.1. The first-order valence-corrected chi connectivity index (χ1v) is 16.5. The summed E-state index contributed by atoms with van der Waals surface area (Å²) in [6.07, 6.45) is 0. The molecule has 1 nitrogen and oxygen atoms in total. The minimum absolute atomic E-state index is 0.797. The molecule has 140 valence electrons. The molecular weight excluding hydrogens is 1300 g/mol. The van der Waals surface area contributed by atoms with Crippen molar-refractivity contribution in [1.29, 1.82) is 0 Å². The summed E-state index contributed by atoms with van der Waals surface area (Å²) in [5.41, 5.74) is 0. The van der Waals surface area contributed by atoms with Gasteiger partial charge in [-0.3, -0.25) is 0 Å². The van der Waals surface area contributed by atoms with Crippen molar-refractivity contribution < 1.29 is 5.11 Å². The Kier molecular flexibility index (Phi) is 12.5. The standard InChI is InChI=1S/C7HBr15O/c8-1(9,2(10,11)4(14,15)6(17,18)19)3(12,13)5(16,23)7(20,21)22/h23H. The summed E-state index contributed by atoms with van der Waals surface area (Å²) in [4.78, 5) is 0. The maximum absolute atomic E-state index is 11.1. The van der Waals surface area contributed by atoms with Crippen molar-refractivity contribution in [1.82, 2.24) is 0 Å². The Morgan fingerprint density at radius 1 is 0.348 bits per heavy atom. The lowest BCUT2D eigenvalue weighted by atomic mass is 10.1. The van der Waals surface area contributed by atoms with Crippen LogP contribution in [0.2, 0.25) is 0 Å². The first-order valence-electron chi connectivity index (χ1n) is 4.56. The van der Waals surface area contributed by atoms with Crippen molar-refractivity contribution in [2.45, 2.75) is 21.7 Å². The lowest BCUT2D eigenvalue weighted by Gasteiger charge is -2.55. The predicted octanol–water partition coefficient (Wildman–Crippen LogP) is 10.7. The van der Waals surface area contributed by atoms with Gasteiger partial charge in [0.15, 0.2) is 8.80 Å². The van der Waals surface area contributed by atoms with E-state index in [-0.39, 0.29) is 0 Å². The SMILES string of the molecule is OC(Br)(C(Br)(Br)Br)C(Br)(Br)C(Br)(Br)C(Br)(Br)C(Br)(Br)C(Br)(Br)Br. The summed E-state index contributed by atoms with van der Waals surface area (Å²) >= 11 is 52.7. The average molecular weight is 1300 g/mol. The van der Waals surface area contributed by atoms with Crippen LogP contribution in [0, 0.1) is 0 Å². The summed E-state index contributed by atoms with van der Waals surface area (Å²) in [5, 5.41) is 11.1. The molecule has 1 atom stereocenters. The van der Waals surface area contributed by atoms with E-state index in [4.69, 9.17) is 0 Å². The van der Waals surface area contributed by atoms with Gasteiger partial charge < -0.3 is 5.11 Å². The molecule has 0 aliphatic carbocycles. The maximum Gasteiger partial charge on any atom is 0.181 e. The Hall–Kier alpha value is 7.16. The van der Waals surface area contributed by atoms with Gasteiger partial charge in [0.1, 0.15) is 12.9 Å². The molecule has 0 bridgehead atoms. The quantitative estimate of drug-likeness (QED) is 0.278. The molecule has 1 N–H and O–H groups in total. The van der Waals surface area contributed by atoms with Crippen LogP contribution < -0.4 is 0 Å². The molecule has 16 heteroatoms. The van der Waals surface area contributed by atoms with Crippen LogP contribution in [0.15, 0.2) is 0 Å². The molecule has 0 aromatic heterocycles. The summed E-state index contributed by atoms with van der Waals surface area (Å²) < 4.78 is -7.78. The van der Waals surface area contributed by atoms with Crippen LogP contribution in [0.1, 0.15) is 0 Å². The average Bonchev–Trinajstić information content (AvgIpc) is 2.24. The number of hydrogen-bond donors (Lipinski definition) is 1. The van der Waals surface area contributed by atoms with Crippen LogP contribution in [0.25, 0.3) is 0 Å². The molecule has 0 spiro atoms. The summed E-state index contributed by atoms with van der Waals surface area (Å²) in [6.45, 7) is 0. The summed E-state index contributed by atoms with van der Waals surface area (Å²) in [5.74, 6) is 0. The van der Waals surface area contributed by atoms with Crippen LogP contribution in [-0.4, -0.2) is 26.8 Å². The van der Waals surface area contributed by atoms with Crippen molar-refractivity contribution in [2.75, 3.05) is 0 Å². The fraction of sp³-hybridized carbons (Fsp3) is 1.00. The Morgan fingerprint density at radius 2 is 0.609 bits per heavy atom. The lowest BCUT2D eigenvalue weighted by molar-refractivity contribution is 0.146. The van der Waals surface area contributed by atoms with E-state index in [1.54, 1.807) is 0 Å². The third kappa shape index (κ3) is 5.75. The fourth-order valence-electron chi connectivity index (χ4n) is 0.958. The number of rotatable bonds is 4. The number of hydrogen-bond acceptors (Lipinski definition) is 1. The Morgan fingerprint density at radius 3 is 0.826 bits per heavy atom. The van der Waals surface area contributed by atoms with Gasteiger partial charge in [0.2, 0.25) is 0 Å². The molecule has 0 aromatic rings. The van der Waals surface area contributed by atoms with Crippen LogP contribution in [0.5, 0.6) is 0 Å². The largest absolute Gasteiger partial charge is 0.373 e. The molecule has 0 saturated carbocycles. The third-order valence-electron chi connectivity index (χ3n) is 2.33. The third-order valence-corrected chi connectivity index (χ3v) is 28.7. The Labute approximate surface area is 260 Å². The molecule has 0 aliphatic rings. The van der Waals surface area contributed by atoms with Gasteiger partial charge in [-0.05, 0) is 15.9 Å². The van der Waals surface area contributed by atoms with Gasteiger partial charge in [-0.15, -0.1) is 0 Å². The summed E-state index contributed by atoms with van der Waals surface area (Å²) in [7, 11) is 0. The van der Waals surface area contributed by atoms with E-state index in [2.05, 4.69) is 239 Å². The zero-order valence-electron chi connectivity index (χ0n) is 9.62. The molecule has 0 aromatic carbocycles. The molecule has 1 unspecified atom stereocenters. The molecular formula is C7HBr15O. The second-order valence-electron chi connectivity index (χ2n) is 3.92. The second kappa shape index (κ2) is 9.57. The highest BCUT2D eigenvalue weighted by Gasteiger charge is 2.75. The molecule has 0 fully saturated rings. The molecule has 0 radical (unpaired) electrons. The van der Waals surface area contributed by atoms with Crippen LogP contribution in [0.4, 0.5) is 0 Å². The van der Waals surface area contributed by atoms with E-state index in [9.17, 15) is 5.11 Å². The highest BCUT2D eigenvalue weighted by Crippen LogP contribution is 2.75. The highest BCUT2D eigenvalue weighted by atomic mass is 80.0. The van der Waals surface area contributed by atoms with Crippen molar-refractivity contribution in [3.63, 3.8) is 0 Å². The Balaban J connectivity index is 6.37. The number of alkyl halides is 15. The molecule has 0 heterocycles. The van der Waals surface area contributed by atoms with Crippen molar-refractivity contribution in [3.05, 3.63) is 0 Å². The highest BCUT2D eigenvalue weighted by molar-refractivity contribution is 9.42. The lowest BCUT2D eigenvalue weighted by Crippen LogP contribution is -2.67. The van der Waals surface area contributed by atoms with Gasteiger partial charge in [-0.1, -0.05) is 223 Å². The molecule has 0 rings (SSSR count). The van der Waals surface area contributed by atoms with E-state index < -0.39 is 21.7 Å². The zero-order chi connectivity index (χ0) is 19.5. The van der Waals surface area contributed by atoms with E-state index in [0.717, 1.165) is 0 Å². The Bertz CT molecular complexity index is 400. The van der Waals surface area contributed by atoms with Gasteiger partial charge in [0.25, 0.3) is 0 Å². The molecule has 23 heavy (non-hydrogen) atoms. The van der Waals surface area contributed by atoms with Gasteiger partial charge in [-0.25, -0.2) is 0 Å². The second-order valence-corrected chi connectivity index (χ2v) is 32.4. The van der Waals surface area contributed by atoms with Gasteiger partial charge >= 0.3 is 0 Å². The van der Waals surface area contributed by atoms with Crippen LogP contribution >= 0.6 is 239 Å². The normalized spacial score (nSPS) is 18.8. The minimum atomic E-state index is -1.63. The number of aliphatic hydroxyl groups is 1. The molecule has 0 aliphatic heterocycles. The van der Waals surface area contributed by atoms with E-state index in [1.165, 1.54) is 0 Å². The fourth-order valence-corrected chi connectivity index (χ4v) is 13.0. The predicted molar refractivity (Wildman–Crippen MR) is 155 cm³/mol. The van der Waals surface area contributed by atoms with Crippen molar-refractivity contribution in [2.24, 2.45) is 0 Å². The van der Waals surface area contributed by atoms with Crippen LogP contribution in [-0.2, 0) is 0 Å². The monoisotopic (exact) mass is 1280 g/mol. The van der Waals surface area contributed by atoms with Crippen LogP contribution in [0.3, 0.4) is 0 Å². The smallest absolute Gasteiger partial charge is 0.181 e. The van der Waals surface area contributed by atoms with Gasteiger partial charge in [0, 0.05) is 0 Å². The van der Waals surface area contributed by atoms with Crippen molar-refractivity contribution >= 4 is 239 Å². The first kappa shape index (κ1) is 30.2. The first-order chi connectivity index (χ1) is 9.50. The topological polar surface area (TPSA) is 20.2 Å². The molecule has 0 amide bonds. The van der Waals surface area contributed by atoms with E-state index in [1.807, 2.05) is 0 Å². The minimum Gasteiger partial charge on any atom is -0.373 e. The van der Waals surface area contributed by atoms with Gasteiger partial charge in [0.05, 0.1) is 0 Å². The molecule has 0 saturated heterocycles. The summed E-state index contributed by atoms with van der Waals surface area (Å²) in [6, 6.07) is 0. The number of halogens is 15. The zero-order valence-corrected chi connectivity index (χ0v) is 33.4. The van der Waals surface area contributed by atoms with Gasteiger partial charge in [-0.2, -0.15) is 0 Å². The van der Waals surface area contributed by atoms with Crippen molar-refractivity contribution in [3.8, 4) is 0 Å².